The fourth-order valence-electron chi connectivity index (χ4n) is 1.35. The molecule has 0 spiro atoms. The number of rotatable bonds is 5. The molecule has 0 saturated carbocycles. The van der Waals surface area contributed by atoms with E-state index in [1.807, 2.05) is 0 Å². The molecule has 2 aromatic rings. The summed E-state index contributed by atoms with van der Waals surface area (Å²) in [4.78, 5) is 34.1. The summed E-state index contributed by atoms with van der Waals surface area (Å²) in [7, 11) is -4.30. The van der Waals surface area contributed by atoms with E-state index in [-0.39, 0.29) is 12.4 Å². The molecule has 10 nitrogen and oxygen atoms in total. The van der Waals surface area contributed by atoms with Crippen molar-refractivity contribution in [2.45, 2.75) is 6.10 Å². The smallest absolute Gasteiger partial charge is 0.348 e. The van der Waals surface area contributed by atoms with Gasteiger partial charge >= 0.3 is 7.60 Å². The summed E-state index contributed by atoms with van der Waals surface area (Å²) in [5.74, 6) is 0.798. The summed E-state index contributed by atoms with van der Waals surface area (Å²) in [6, 6.07) is 0. The molecule has 0 bridgehead atoms. The van der Waals surface area contributed by atoms with E-state index in [2.05, 4.69) is 15.0 Å². The normalized spacial score (nSPS) is 13.9. The lowest BCUT2D eigenvalue weighted by Gasteiger charge is -2.09. The van der Waals surface area contributed by atoms with Crippen LogP contribution in [0.3, 0.4) is 0 Å². The molecule has 0 fully saturated rings. The second kappa shape index (κ2) is 5.55. The van der Waals surface area contributed by atoms with Gasteiger partial charge in [0.05, 0.1) is 0 Å². The molecule has 0 radical (unpaired) electrons. The number of fused-ring (bicyclic) bond motifs is 1. The third-order valence-electron chi connectivity index (χ3n) is 2.22. The molecular weight excluding hydrogens is 289 g/mol. The molecule has 20 heavy (non-hydrogen) atoms. The number of nitrogen functional groups attached to an aromatic ring is 1. The minimum absolute atomic E-state index is 0.194. The van der Waals surface area contributed by atoms with Crippen molar-refractivity contribution in [2.75, 3.05) is 12.3 Å². The second-order valence-corrected chi connectivity index (χ2v) is 5.27. The second-order valence-electron chi connectivity index (χ2n) is 3.80. The van der Waals surface area contributed by atoms with Crippen LogP contribution in [0.25, 0.3) is 11.2 Å². The zero-order valence-electron chi connectivity index (χ0n) is 10.1. The Morgan fingerprint density at radius 2 is 2.20 bits per heavy atom. The van der Waals surface area contributed by atoms with Gasteiger partial charge in [-0.3, -0.25) is 4.57 Å². The topological polar surface area (TPSA) is 157 Å². The van der Waals surface area contributed by atoms with Gasteiger partial charge in [0, 0.05) is 5.82 Å². The first-order chi connectivity index (χ1) is 9.37. The predicted molar refractivity (Wildman–Crippen MR) is 68.4 cm³/mol. The van der Waals surface area contributed by atoms with E-state index >= 15 is 0 Å². The molecule has 0 aliphatic heterocycles. The number of hydrogen-bond donors (Lipinski definition) is 4. The summed E-state index contributed by atoms with van der Waals surface area (Å²) < 4.78 is 11.8. The zero-order valence-corrected chi connectivity index (χ0v) is 11.0. The van der Waals surface area contributed by atoms with Gasteiger partial charge in [0.2, 0.25) is 5.65 Å². The molecular formula is C9H12N5O5P. The van der Waals surface area contributed by atoms with Crippen LogP contribution in [0.5, 0.6) is 0 Å². The minimum Gasteiger partial charge on any atom is -0.408 e. The minimum atomic E-state index is -4.30. The maximum Gasteiger partial charge on any atom is 0.348 e. The summed E-state index contributed by atoms with van der Waals surface area (Å²) in [5, 5.41) is 9.49. The number of aromatic nitrogens is 4. The molecule has 2 rings (SSSR count). The lowest BCUT2D eigenvalue weighted by molar-refractivity contribution is 0.0516. The SMILES string of the molecule is Nc1ncnc2c1ncn2OCC(O)/C=C/P(=O)(O)O. The Labute approximate surface area is 112 Å². The zero-order chi connectivity index (χ0) is 14.8. The highest BCUT2D eigenvalue weighted by Gasteiger charge is 2.11. The highest BCUT2D eigenvalue weighted by atomic mass is 31.2. The van der Waals surface area contributed by atoms with Crippen LogP contribution in [0.1, 0.15) is 0 Å². The molecule has 0 saturated heterocycles. The van der Waals surface area contributed by atoms with E-state index in [9.17, 15) is 9.67 Å². The first kappa shape index (κ1) is 14.4. The predicted octanol–water partition coefficient (Wildman–Crippen LogP) is -1.11. The van der Waals surface area contributed by atoms with Gasteiger partial charge in [-0.1, -0.05) is 0 Å². The number of aliphatic hydroxyl groups excluding tert-OH is 1. The van der Waals surface area contributed by atoms with E-state index in [4.69, 9.17) is 20.4 Å². The van der Waals surface area contributed by atoms with E-state index < -0.39 is 13.7 Å². The average molecular weight is 301 g/mol. The first-order valence-corrected chi connectivity index (χ1v) is 7.04. The molecule has 11 heteroatoms. The third-order valence-corrected chi connectivity index (χ3v) is 2.78. The molecule has 0 amide bonds. The Morgan fingerprint density at radius 1 is 1.45 bits per heavy atom. The average Bonchev–Trinajstić information content (AvgIpc) is 2.78. The van der Waals surface area contributed by atoms with Gasteiger partial charge in [-0.05, 0) is 6.08 Å². The van der Waals surface area contributed by atoms with Crippen LogP contribution in [0.15, 0.2) is 24.5 Å². The van der Waals surface area contributed by atoms with Gasteiger partial charge in [0.15, 0.2) is 11.3 Å². The standard InChI is InChI=1S/C9H12N5O5P/c10-8-7-9(12-4-11-8)14(5-13-7)19-3-6(15)1-2-20(16,17)18/h1-2,4-6,15H,3H2,(H2,10,11,12)(H2,16,17,18)/b2-1+. The van der Waals surface area contributed by atoms with Gasteiger partial charge < -0.3 is 25.5 Å². The van der Waals surface area contributed by atoms with Crippen molar-refractivity contribution in [1.82, 2.24) is 19.7 Å². The number of imidazole rings is 1. The Hall–Kier alpha value is -2.00. The maximum atomic E-state index is 10.6. The molecule has 1 atom stereocenters. The lowest BCUT2D eigenvalue weighted by Crippen LogP contribution is -2.22. The van der Waals surface area contributed by atoms with Gasteiger partial charge in [0.1, 0.15) is 25.4 Å². The highest BCUT2D eigenvalue weighted by molar-refractivity contribution is 7.55. The molecule has 2 aromatic heterocycles. The van der Waals surface area contributed by atoms with E-state index in [0.29, 0.717) is 17.0 Å². The lowest BCUT2D eigenvalue weighted by atomic mass is 10.4. The first-order valence-electron chi connectivity index (χ1n) is 5.36. The number of hydrogen-bond acceptors (Lipinski definition) is 7. The summed E-state index contributed by atoms with van der Waals surface area (Å²) in [6.45, 7) is -0.244. The quantitative estimate of drug-likeness (QED) is 0.502. The number of nitrogens with two attached hydrogens (primary N) is 1. The van der Waals surface area contributed by atoms with Crippen LogP contribution in [0.4, 0.5) is 5.82 Å². The number of aliphatic hydroxyl groups is 1. The van der Waals surface area contributed by atoms with Crippen molar-refractivity contribution in [3.63, 3.8) is 0 Å². The molecule has 1 unspecified atom stereocenters. The third kappa shape index (κ3) is 3.52. The van der Waals surface area contributed by atoms with E-state index in [0.717, 1.165) is 6.08 Å². The van der Waals surface area contributed by atoms with Gasteiger partial charge in [-0.15, -0.1) is 0 Å². The molecule has 108 valence electrons. The van der Waals surface area contributed by atoms with Gasteiger partial charge in [-0.25, -0.2) is 15.0 Å². The van der Waals surface area contributed by atoms with Crippen LogP contribution in [-0.2, 0) is 4.57 Å². The van der Waals surface area contributed by atoms with Gasteiger partial charge in [-0.2, -0.15) is 4.73 Å². The van der Waals surface area contributed by atoms with Crippen LogP contribution in [0, 0.1) is 0 Å². The Balaban J connectivity index is 2.05. The number of anilines is 1. The molecule has 5 N–H and O–H groups in total. The maximum absolute atomic E-state index is 10.6. The van der Waals surface area contributed by atoms with Crippen molar-refractivity contribution in [3.05, 3.63) is 24.5 Å². The molecule has 2 heterocycles. The summed E-state index contributed by atoms with van der Waals surface area (Å²) in [5.41, 5.74) is 6.27. The van der Waals surface area contributed by atoms with Crippen LogP contribution < -0.4 is 10.6 Å². The Morgan fingerprint density at radius 3 is 2.90 bits per heavy atom. The van der Waals surface area contributed by atoms with Crippen LogP contribution in [0.2, 0.25) is 0 Å². The Bertz CT molecular complexity index is 680. The van der Waals surface area contributed by atoms with Crippen LogP contribution in [-0.4, -0.2) is 47.3 Å². The molecule has 0 aliphatic rings. The van der Waals surface area contributed by atoms with Crippen LogP contribution >= 0.6 is 7.60 Å². The largest absolute Gasteiger partial charge is 0.408 e. The molecule has 0 aromatic carbocycles. The highest BCUT2D eigenvalue weighted by Crippen LogP contribution is 2.35. The van der Waals surface area contributed by atoms with E-state index in [1.54, 1.807) is 0 Å². The Kier molecular flexibility index (Phi) is 4.00. The van der Waals surface area contributed by atoms with Crippen molar-refractivity contribution in [3.8, 4) is 0 Å². The molecule has 0 aliphatic carbocycles. The van der Waals surface area contributed by atoms with Crippen molar-refractivity contribution in [1.29, 1.82) is 0 Å². The van der Waals surface area contributed by atoms with Crippen molar-refractivity contribution < 1.29 is 24.3 Å². The monoisotopic (exact) mass is 301 g/mol. The van der Waals surface area contributed by atoms with Gasteiger partial charge in [0.25, 0.3) is 0 Å². The fraction of sp³-hybridized carbons (Fsp3) is 0.222. The summed E-state index contributed by atoms with van der Waals surface area (Å²) in [6.07, 6.45) is 2.29. The van der Waals surface area contributed by atoms with E-state index in [1.165, 1.54) is 17.4 Å². The number of nitrogens with zero attached hydrogens (tertiary/aromatic N) is 4. The summed E-state index contributed by atoms with van der Waals surface area (Å²) >= 11 is 0. The van der Waals surface area contributed by atoms with Crippen molar-refractivity contribution in [2.24, 2.45) is 0 Å². The fourth-order valence-corrected chi connectivity index (χ4v) is 1.77. The van der Waals surface area contributed by atoms with Crippen molar-refractivity contribution >= 4 is 24.6 Å².